The van der Waals surface area contributed by atoms with Gasteiger partial charge in [-0.25, -0.2) is 0 Å². The molecular formula is C10H18N4O. The third-order valence-corrected chi connectivity index (χ3v) is 2.64. The summed E-state index contributed by atoms with van der Waals surface area (Å²) in [6, 6.07) is 2.04. The topological polar surface area (TPSA) is 68.2 Å². The monoisotopic (exact) mass is 210 g/mol. The highest BCUT2D eigenvalue weighted by Crippen LogP contribution is 2.05. The maximum Gasteiger partial charge on any atom is 0.238 e. The Bertz CT molecular complexity index is 248. The average Bonchev–Trinajstić information content (AvgIpc) is 2.29. The van der Waals surface area contributed by atoms with Crippen molar-refractivity contribution in [1.29, 1.82) is 5.26 Å². The lowest BCUT2D eigenvalue weighted by Crippen LogP contribution is -2.57. The molecule has 1 amide bonds. The van der Waals surface area contributed by atoms with Crippen LogP contribution in [0.4, 0.5) is 0 Å². The van der Waals surface area contributed by atoms with Crippen molar-refractivity contribution in [3.05, 3.63) is 0 Å². The summed E-state index contributed by atoms with van der Waals surface area (Å²) in [5.74, 6) is 0.0548. The maximum atomic E-state index is 11.6. The van der Waals surface area contributed by atoms with Gasteiger partial charge in [0.25, 0.3) is 0 Å². The Hall–Kier alpha value is -1.12. The van der Waals surface area contributed by atoms with Crippen LogP contribution in [-0.2, 0) is 4.79 Å². The summed E-state index contributed by atoms with van der Waals surface area (Å²) in [6.07, 6.45) is 1.40. The quantitative estimate of drug-likeness (QED) is 0.603. The number of carbonyl (C=O) groups is 1. The van der Waals surface area contributed by atoms with E-state index in [2.05, 4.69) is 21.6 Å². The molecule has 5 nitrogen and oxygen atoms in total. The summed E-state index contributed by atoms with van der Waals surface area (Å²) < 4.78 is 0. The van der Waals surface area contributed by atoms with Gasteiger partial charge in [-0.05, 0) is 6.42 Å². The van der Waals surface area contributed by atoms with Crippen LogP contribution in [0, 0.1) is 11.3 Å². The van der Waals surface area contributed by atoms with E-state index in [1.807, 2.05) is 0 Å². The Balaban J connectivity index is 2.43. The molecule has 84 valence electrons. The van der Waals surface area contributed by atoms with Crippen molar-refractivity contribution < 1.29 is 4.79 Å². The molecule has 0 radical (unpaired) electrons. The van der Waals surface area contributed by atoms with Crippen LogP contribution in [0.1, 0.15) is 12.8 Å². The molecule has 15 heavy (non-hydrogen) atoms. The van der Waals surface area contributed by atoms with Gasteiger partial charge in [0.1, 0.15) is 6.04 Å². The van der Waals surface area contributed by atoms with Gasteiger partial charge in [0.05, 0.1) is 6.07 Å². The van der Waals surface area contributed by atoms with Crippen molar-refractivity contribution in [2.45, 2.75) is 18.9 Å². The van der Waals surface area contributed by atoms with Crippen molar-refractivity contribution in [3.8, 4) is 6.07 Å². The number of carbonyl (C=O) groups excluding carboxylic acids is 1. The highest BCUT2D eigenvalue weighted by molar-refractivity contribution is 5.81. The van der Waals surface area contributed by atoms with E-state index in [4.69, 9.17) is 5.26 Å². The van der Waals surface area contributed by atoms with Crippen LogP contribution in [0.2, 0.25) is 0 Å². The summed E-state index contributed by atoms with van der Waals surface area (Å²) in [5.41, 5.74) is 0. The number of unbranched alkanes of at least 4 members (excludes halogenated alkanes) is 1. The number of amides is 1. The molecule has 0 aromatic heterocycles. The number of nitriles is 1. The van der Waals surface area contributed by atoms with Crippen LogP contribution in [0.25, 0.3) is 0 Å². The average molecular weight is 210 g/mol. The highest BCUT2D eigenvalue weighted by atomic mass is 16.2. The summed E-state index contributed by atoms with van der Waals surface area (Å²) in [7, 11) is 1.66. The van der Waals surface area contributed by atoms with E-state index in [-0.39, 0.29) is 11.9 Å². The predicted octanol–water partition coefficient (Wildman–Crippen LogP) is -0.690. The van der Waals surface area contributed by atoms with Gasteiger partial charge in [0, 0.05) is 39.6 Å². The van der Waals surface area contributed by atoms with E-state index in [0.29, 0.717) is 13.0 Å². The Labute approximate surface area is 90.4 Å². The van der Waals surface area contributed by atoms with Crippen molar-refractivity contribution in [3.63, 3.8) is 0 Å². The fourth-order valence-corrected chi connectivity index (χ4v) is 1.80. The zero-order chi connectivity index (χ0) is 11.1. The van der Waals surface area contributed by atoms with Gasteiger partial charge in [-0.15, -0.1) is 0 Å². The molecule has 0 saturated carbocycles. The Morgan fingerprint density at radius 1 is 1.73 bits per heavy atom. The predicted molar refractivity (Wildman–Crippen MR) is 57.1 cm³/mol. The van der Waals surface area contributed by atoms with E-state index in [9.17, 15) is 4.79 Å². The fourth-order valence-electron chi connectivity index (χ4n) is 1.80. The largest absolute Gasteiger partial charge is 0.358 e. The summed E-state index contributed by atoms with van der Waals surface area (Å²) >= 11 is 0. The molecule has 0 aliphatic carbocycles. The normalized spacial score (nSPS) is 22.0. The highest BCUT2D eigenvalue weighted by Gasteiger charge is 2.26. The van der Waals surface area contributed by atoms with Gasteiger partial charge in [-0.2, -0.15) is 5.26 Å². The van der Waals surface area contributed by atoms with Gasteiger partial charge in [0.15, 0.2) is 0 Å². The molecule has 0 aromatic rings. The summed E-state index contributed by atoms with van der Waals surface area (Å²) in [4.78, 5) is 13.7. The second-order valence-electron chi connectivity index (χ2n) is 3.63. The van der Waals surface area contributed by atoms with E-state index in [0.717, 1.165) is 26.1 Å². The molecule has 0 spiro atoms. The summed E-state index contributed by atoms with van der Waals surface area (Å²) in [5, 5.41) is 14.3. The lowest BCUT2D eigenvalue weighted by molar-refractivity contribution is -0.126. The minimum atomic E-state index is -0.0811. The van der Waals surface area contributed by atoms with E-state index < -0.39 is 0 Å². The fraction of sp³-hybridized carbons (Fsp3) is 0.800. The lowest BCUT2D eigenvalue weighted by atomic mass is 10.1. The van der Waals surface area contributed by atoms with Gasteiger partial charge in [0.2, 0.25) is 5.91 Å². The first-order chi connectivity index (χ1) is 7.29. The number of hydrogen-bond acceptors (Lipinski definition) is 4. The third-order valence-electron chi connectivity index (χ3n) is 2.64. The van der Waals surface area contributed by atoms with E-state index in [1.54, 1.807) is 7.05 Å². The van der Waals surface area contributed by atoms with Crippen LogP contribution >= 0.6 is 0 Å². The Morgan fingerprint density at radius 3 is 3.20 bits per heavy atom. The van der Waals surface area contributed by atoms with Gasteiger partial charge >= 0.3 is 0 Å². The number of hydrogen-bond donors (Lipinski definition) is 2. The SMILES string of the molecule is CNC(=O)C1CNCCN1CCCC#N. The number of piperazine rings is 1. The van der Waals surface area contributed by atoms with E-state index in [1.165, 1.54) is 0 Å². The van der Waals surface area contributed by atoms with Crippen LogP contribution in [-0.4, -0.2) is 50.1 Å². The van der Waals surface area contributed by atoms with Crippen LogP contribution in [0.3, 0.4) is 0 Å². The molecule has 2 N–H and O–H groups in total. The molecule has 1 fully saturated rings. The molecule has 1 atom stereocenters. The minimum Gasteiger partial charge on any atom is -0.358 e. The summed E-state index contributed by atoms with van der Waals surface area (Å²) in [6.45, 7) is 3.32. The number of likely N-dealkylation sites (N-methyl/N-ethyl adjacent to an activating group) is 1. The molecular weight excluding hydrogens is 192 g/mol. The van der Waals surface area contributed by atoms with Gasteiger partial charge in [-0.1, -0.05) is 0 Å². The molecule has 0 aromatic carbocycles. The van der Waals surface area contributed by atoms with Crippen molar-refractivity contribution >= 4 is 5.91 Å². The first-order valence-electron chi connectivity index (χ1n) is 5.33. The number of nitrogens with one attached hydrogen (secondary N) is 2. The molecule has 1 saturated heterocycles. The minimum absolute atomic E-state index is 0.0548. The van der Waals surface area contributed by atoms with Crippen LogP contribution < -0.4 is 10.6 Å². The second kappa shape index (κ2) is 6.38. The lowest BCUT2D eigenvalue weighted by Gasteiger charge is -2.34. The first-order valence-corrected chi connectivity index (χ1v) is 5.33. The Morgan fingerprint density at radius 2 is 2.53 bits per heavy atom. The molecule has 1 rings (SSSR count). The molecule has 5 heteroatoms. The zero-order valence-corrected chi connectivity index (χ0v) is 9.12. The molecule has 1 aliphatic heterocycles. The third kappa shape index (κ3) is 3.50. The number of nitrogens with zero attached hydrogens (tertiary/aromatic N) is 2. The zero-order valence-electron chi connectivity index (χ0n) is 9.12. The Kier molecular flexibility index (Phi) is 5.08. The van der Waals surface area contributed by atoms with Crippen molar-refractivity contribution in [2.75, 3.05) is 33.2 Å². The second-order valence-corrected chi connectivity index (χ2v) is 3.63. The van der Waals surface area contributed by atoms with Gasteiger partial charge in [-0.3, -0.25) is 9.69 Å². The smallest absolute Gasteiger partial charge is 0.238 e. The van der Waals surface area contributed by atoms with Crippen LogP contribution in [0.15, 0.2) is 0 Å². The van der Waals surface area contributed by atoms with E-state index >= 15 is 0 Å². The number of rotatable bonds is 4. The maximum absolute atomic E-state index is 11.6. The first kappa shape index (κ1) is 12.0. The molecule has 1 heterocycles. The standard InChI is InChI=1S/C10H18N4O/c1-12-10(15)9-8-13-5-7-14(9)6-3-2-4-11/h9,13H,2-3,5-8H2,1H3,(H,12,15). The molecule has 1 unspecified atom stereocenters. The molecule has 0 bridgehead atoms. The molecule has 1 aliphatic rings. The van der Waals surface area contributed by atoms with Gasteiger partial charge < -0.3 is 10.6 Å². The van der Waals surface area contributed by atoms with Crippen molar-refractivity contribution in [2.24, 2.45) is 0 Å². The van der Waals surface area contributed by atoms with Crippen molar-refractivity contribution in [1.82, 2.24) is 15.5 Å². The van der Waals surface area contributed by atoms with Crippen LogP contribution in [0.5, 0.6) is 0 Å².